The predicted octanol–water partition coefficient (Wildman–Crippen LogP) is 4.77. The van der Waals surface area contributed by atoms with E-state index < -0.39 is 0 Å². The van der Waals surface area contributed by atoms with Crippen LogP contribution in [0.25, 0.3) is 6.08 Å². The van der Waals surface area contributed by atoms with Crippen molar-refractivity contribution < 1.29 is 14.4 Å². The second kappa shape index (κ2) is 9.35. The van der Waals surface area contributed by atoms with E-state index in [9.17, 15) is 14.4 Å². The van der Waals surface area contributed by atoms with E-state index in [0.717, 1.165) is 5.56 Å². The average Bonchev–Trinajstić information content (AvgIpc) is 2.95. The van der Waals surface area contributed by atoms with Gasteiger partial charge in [-0.05, 0) is 48.9 Å². The first-order valence-corrected chi connectivity index (χ1v) is 10.4. The normalized spacial score (nSPS) is 15.1. The summed E-state index contributed by atoms with van der Waals surface area (Å²) in [6.07, 6.45) is 1.80. The van der Waals surface area contributed by atoms with Gasteiger partial charge in [0, 0.05) is 29.2 Å². The Labute approximate surface area is 183 Å². The Morgan fingerprint density at radius 3 is 2.52 bits per heavy atom. The van der Waals surface area contributed by atoms with Crippen LogP contribution in [0.1, 0.15) is 29.3 Å². The highest BCUT2D eigenvalue weighted by Crippen LogP contribution is 2.33. The number of thiocarbonyl (C=S) groups is 1. The van der Waals surface area contributed by atoms with Gasteiger partial charge in [0.1, 0.15) is 4.32 Å². The Bertz CT molecular complexity index is 1020. The largest absolute Gasteiger partial charge is 0.326 e. The van der Waals surface area contributed by atoms with Crippen molar-refractivity contribution >= 4 is 69.3 Å². The highest BCUT2D eigenvalue weighted by atomic mass is 35.5. The molecule has 0 unspecified atom stereocenters. The lowest BCUT2D eigenvalue weighted by atomic mass is 10.1. The van der Waals surface area contributed by atoms with Crippen molar-refractivity contribution in [3.63, 3.8) is 0 Å². The minimum Gasteiger partial charge on any atom is -0.326 e. The van der Waals surface area contributed by atoms with E-state index in [1.54, 1.807) is 36.4 Å². The molecule has 2 amide bonds. The third-order valence-electron chi connectivity index (χ3n) is 4.20. The summed E-state index contributed by atoms with van der Waals surface area (Å²) in [6.45, 7) is 1.66. The monoisotopic (exact) mass is 444 g/mol. The summed E-state index contributed by atoms with van der Waals surface area (Å²) in [7, 11) is 0. The van der Waals surface area contributed by atoms with Crippen molar-refractivity contribution in [2.45, 2.75) is 13.3 Å². The van der Waals surface area contributed by atoms with Crippen LogP contribution in [0.2, 0.25) is 5.02 Å². The van der Waals surface area contributed by atoms with Crippen molar-refractivity contribution in [3.8, 4) is 0 Å². The average molecular weight is 445 g/mol. The molecule has 29 heavy (non-hydrogen) atoms. The number of rotatable bonds is 6. The molecule has 2 aromatic carbocycles. The van der Waals surface area contributed by atoms with Gasteiger partial charge in [-0.2, -0.15) is 0 Å². The summed E-state index contributed by atoms with van der Waals surface area (Å²) in [5, 5.41) is 3.30. The van der Waals surface area contributed by atoms with E-state index in [2.05, 4.69) is 5.32 Å². The molecule has 0 aliphatic carbocycles. The Balaban J connectivity index is 1.59. The number of halogens is 1. The smallest absolute Gasteiger partial charge is 0.266 e. The maximum absolute atomic E-state index is 12.6. The van der Waals surface area contributed by atoms with Crippen molar-refractivity contribution in [1.29, 1.82) is 0 Å². The number of nitrogens with zero attached hydrogens (tertiary/aromatic N) is 1. The molecule has 8 heteroatoms. The van der Waals surface area contributed by atoms with E-state index in [0.29, 0.717) is 25.5 Å². The number of thioether (sulfide) groups is 1. The molecule has 148 valence electrons. The van der Waals surface area contributed by atoms with Crippen LogP contribution in [-0.4, -0.2) is 33.4 Å². The third kappa shape index (κ3) is 5.32. The van der Waals surface area contributed by atoms with Gasteiger partial charge in [-0.3, -0.25) is 19.3 Å². The summed E-state index contributed by atoms with van der Waals surface area (Å²) in [6, 6.07) is 13.9. The molecule has 0 radical (unpaired) electrons. The molecule has 0 aromatic heterocycles. The first-order valence-electron chi connectivity index (χ1n) is 8.76. The zero-order chi connectivity index (χ0) is 21.0. The van der Waals surface area contributed by atoms with Crippen molar-refractivity contribution in [2.24, 2.45) is 0 Å². The molecule has 5 nitrogen and oxygen atoms in total. The van der Waals surface area contributed by atoms with Gasteiger partial charge in [0.2, 0.25) is 5.91 Å². The minimum atomic E-state index is -0.246. The van der Waals surface area contributed by atoms with Crippen LogP contribution in [0, 0.1) is 0 Å². The second-order valence-electron chi connectivity index (χ2n) is 6.29. The molecular formula is C21H17ClN2O3S2. The van der Waals surface area contributed by atoms with Gasteiger partial charge >= 0.3 is 0 Å². The van der Waals surface area contributed by atoms with Crippen LogP contribution >= 0.6 is 35.6 Å². The Kier molecular flexibility index (Phi) is 6.84. The van der Waals surface area contributed by atoms with E-state index in [1.807, 2.05) is 18.2 Å². The number of benzene rings is 2. The van der Waals surface area contributed by atoms with Gasteiger partial charge < -0.3 is 5.32 Å². The molecule has 0 atom stereocenters. The molecule has 1 heterocycles. The highest BCUT2D eigenvalue weighted by Gasteiger charge is 2.32. The number of carbonyl (C=O) groups is 3. The van der Waals surface area contributed by atoms with Gasteiger partial charge in [-0.15, -0.1) is 0 Å². The number of hydrogen-bond donors (Lipinski definition) is 1. The Morgan fingerprint density at radius 1 is 1.17 bits per heavy atom. The molecule has 3 rings (SSSR count). The maximum atomic E-state index is 12.6. The number of nitrogens with one attached hydrogen (secondary N) is 1. The molecule has 0 saturated carbocycles. The van der Waals surface area contributed by atoms with Crippen molar-refractivity contribution in [3.05, 3.63) is 69.6 Å². The number of hydrogen-bond acceptors (Lipinski definition) is 5. The third-order valence-corrected chi connectivity index (χ3v) is 5.93. The lowest BCUT2D eigenvalue weighted by Crippen LogP contribution is -2.31. The van der Waals surface area contributed by atoms with Gasteiger partial charge in [-0.1, -0.05) is 53.8 Å². The number of Topliss-reactive ketones (excluding diaryl/α,β-unsaturated/α-hetero) is 1. The highest BCUT2D eigenvalue weighted by molar-refractivity contribution is 8.26. The molecule has 1 N–H and O–H groups in total. The minimum absolute atomic E-state index is 0.0397. The molecule has 2 aromatic rings. The first kappa shape index (κ1) is 21.2. The van der Waals surface area contributed by atoms with Crippen LogP contribution in [0.5, 0.6) is 0 Å². The summed E-state index contributed by atoms with van der Waals surface area (Å²) in [5.41, 5.74) is 1.90. The van der Waals surface area contributed by atoms with E-state index in [-0.39, 0.29) is 30.6 Å². The second-order valence-corrected chi connectivity index (χ2v) is 8.37. The zero-order valence-electron chi connectivity index (χ0n) is 15.5. The van der Waals surface area contributed by atoms with Gasteiger partial charge in [0.15, 0.2) is 5.78 Å². The predicted molar refractivity (Wildman–Crippen MR) is 121 cm³/mol. The number of carbonyl (C=O) groups excluding carboxylic acids is 3. The molecular weight excluding hydrogens is 428 g/mol. The maximum Gasteiger partial charge on any atom is 0.266 e. The number of amides is 2. The Morgan fingerprint density at radius 2 is 1.86 bits per heavy atom. The molecule has 1 saturated heterocycles. The lowest BCUT2D eigenvalue weighted by molar-refractivity contribution is -0.122. The summed E-state index contributed by atoms with van der Waals surface area (Å²) in [4.78, 5) is 38.1. The summed E-state index contributed by atoms with van der Waals surface area (Å²) < 4.78 is 0.409. The molecule has 0 spiro atoms. The SMILES string of the molecule is CC(=O)c1ccc(NC(=O)CCN2C(=O)/C(=C\c3ccccc3Cl)SC2=S)cc1. The fraction of sp³-hybridized carbons (Fsp3) is 0.143. The van der Waals surface area contributed by atoms with Crippen LogP contribution in [-0.2, 0) is 9.59 Å². The lowest BCUT2D eigenvalue weighted by Gasteiger charge is -2.14. The van der Waals surface area contributed by atoms with Gasteiger partial charge in [0.25, 0.3) is 5.91 Å². The fourth-order valence-electron chi connectivity index (χ4n) is 2.65. The van der Waals surface area contributed by atoms with E-state index in [4.69, 9.17) is 23.8 Å². The fourth-order valence-corrected chi connectivity index (χ4v) is 4.14. The summed E-state index contributed by atoms with van der Waals surface area (Å²) in [5.74, 6) is -0.523. The first-order chi connectivity index (χ1) is 13.8. The van der Waals surface area contributed by atoms with Crippen LogP contribution in [0.3, 0.4) is 0 Å². The van der Waals surface area contributed by atoms with Gasteiger partial charge in [0.05, 0.1) is 4.91 Å². The van der Waals surface area contributed by atoms with Crippen molar-refractivity contribution in [1.82, 2.24) is 4.90 Å². The van der Waals surface area contributed by atoms with Crippen LogP contribution in [0.4, 0.5) is 5.69 Å². The standard InChI is InChI=1S/C21H17ClN2O3S2/c1-13(25)14-6-8-16(9-7-14)23-19(26)10-11-24-20(27)18(29-21(24)28)12-15-4-2-3-5-17(15)22/h2-9,12H,10-11H2,1H3,(H,23,26)/b18-12+. The van der Waals surface area contributed by atoms with Crippen LogP contribution < -0.4 is 5.32 Å². The molecule has 1 fully saturated rings. The number of ketones is 1. The number of anilines is 1. The topological polar surface area (TPSA) is 66.5 Å². The quantitative estimate of drug-likeness (QED) is 0.395. The van der Waals surface area contributed by atoms with E-state index in [1.165, 1.54) is 23.6 Å². The van der Waals surface area contributed by atoms with Gasteiger partial charge in [-0.25, -0.2) is 0 Å². The Hall–Kier alpha value is -2.48. The molecule has 0 bridgehead atoms. The molecule has 1 aliphatic rings. The zero-order valence-corrected chi connectivity index (χ0v) is 17.9. The van der Waals surface area contributed by atoms with E-state index >= 15 is 0 Å². The summed E-state index contributed by atoms with van der Waals surface area (Å²) >= 11 is 12.6. The molecule has 1 aliphatic heterocycles. The van der Waals surface area contributed by atoms with Crippen LogP contribution in [0.15, 0.2) is 53.4 Å². The van der Waals surface area contributed by atoms with Crippen molar-refractivity contribution in [2.75, 3.05) is 11.9 Å².